The molecule has 0 heteroatoms. The van der Waals surface area contributed by atoms with Gasteiger partial charge in [0.05, 0.1) is 0 Å². The maximum atomic E-state index is 2.44. The lowest BCUT2D eigenvalue weighted by atomic mass is 9.73. The third kappa shape index (κ3) is 1.47. The summed E-state index contributed by atoms with van der Waals surface area (Å²) in [5.41, 5.74) is 5.22. The van der Waals surface area contributed by atoms with Gasteiger partial charge < -0.3 is 0 Å². The van der Waals surface area contributed by atoms with Crippen LogP contribution in [0.3, 0.4) is 0 Å². The molecule has 1 fully saturated rings. The maximum absolute atomic E-state index is 2.44. The van der Waals surface area contributed by atoms with E-state index in [0.29, 0.717) is 5.41 Å². The highest BCUT2D eigenvalue weighted by Gasteiger charge is 2.36. The molecule has 0 aliphatic heterocycles. The molecule has 0 nitrogen and oxygen atoms in total. The fraction of sp³-hybridized carbons (Fsp3) is 0.571. The molecule has 1 unspecified atom stereocenters. The molecule has 0 heterocycles. The van der Waals surface area contributed by atoms with Gasteiger partial charge in [-0.2, -0.15) is 0 Å². The van der Waals surface area contributed by atoms with Crippen molar-refractivity contribution in [1.82, 2.24) is 0 Å². The van der Waals surface area contributed by atoms with Crippen molar-refractivity contribution in [3.05, 3.63) is 34.9 Å². The maximum Gasteiger partial charge on any atom is -0.00726 e. The van der Waals surface area contributed by atoms with Crippen molar-refractivity contribution in [2.45, 2.75) is 46.5 Å². The van der Waals surface area contributed by atoms with E-state index in [-0.39, 0.29) is 0 Å². The Balaban J connectivity index is 2.36. The first-order valence-corrected chi connectivity index (χ1v) is 5.69. The second-order valence-electron chi connectivity index (χ2n) is 4.97. The second-order valence-corrected chi connectivity index (χ2v) is 4.97. The molecule has 2 aliphatic carbocycles. The minimum atomic E-state index is 0.494. The first kappa shape index (κ1) is 9.76. The van der Waals surface area contributed by atoms with Crippen LogP contribution >= 0.6 is 0 Å². The van der Waals surface area contributed by atoms with Gasteiger partial charge in [0.25, 0.3) is 0 Å². The Kier molecular flexibility index (Phi) is 2.38. The minimum Gasteiger partial charge on any atom is -0.0874 e. The van der Waals surface area contributed by atoms with Gasteiger partial charge in [0, 0.05) is 0 Å². The lowest BCUT2D eigenvalue weighted by Crippen LogP contribution is -2.18. The van der Waals surface area contributed by atoms with Crippen molar-refractivity contribution in [2.75, 3.05) is 0 Å². The number of allylic oxidation sites excluding steroid dienone is 6. The molecule has 0 aromatic carbocycles. The van der Waals surface area contributed by atoms with Crippen LogP contribution in [0, 0.1) is 5.41 Å². The largest absolute Gasteiger partial charge is 0.0874 e. The van der Waals surface area contributed by atoms with Crippen molar-refractivity contribution < 1.29 is 0 Å². The van der Waals surface area contributed by atoms with Gasteiger partial charge >= 0.3 is 0 Å². The molecular formula is C14H20. The molecule has 1 atom stereocenters. The summed E-state index contributed by atoms with van der Waals surface area (Å²) in [7, 11) is 0. The summed E-state index contributed by atoms with van der Waals surface area (Å²) in [4.78, 5) is 0. The normalized spacial score (nSPS) is 32.4. The van der Waals surface area contributed by atoms with E-state index in [1.165, 1.54) is 31.3 Å². The Labute approximate surface area is 87.4 Å². The standard InChI is InChI=1S/C14H20/c1-4-6-12-10-14(3)8-5-7-13(14)9-11(12)2/h4,6,9H,5,7-8,10H2,1-3H3/b6-4-. The Morgan fingerprint density at radius 1 is 1.43 bits per heavy atom. The van der Waals surface area contributed by atoms with E-state index in [2.05, 4.69) is 39.0 Å². The molecule has 0 radical (unpaired) electrons. The zero-order valence-corrected chi connectivity index (χ0v) is 9.56. The summed E-state index contributed by atoms with van der Waals surface area (Å²) < 4.78 is 0. The van der Waals surface area contributed by atoms with Crippen LogP contribution in [0.25, 0.3) is 0 Å². The lowest BCUT2D eigenvalue weighted by molar-refractivity contribution is 0.403. The number of fused-ring (bicyclic) bond motifs is 1. The highest BCUT2D eigenvalue weighted by Crippen LogP contribution is 2.50. The van der Waals surface area contributed by atoms with Gasteiger partial charge in [-0.15, -0.1) is 0 Å². The summed E-state index contributed by atoms with van der Waals surface area (Å²) >= 11 is 0. The van der Waals surface area contributed by atoms with Crippen LogP contribution in [0.1, 0.15) is 46.5 Å². The van der Waals surface area contributed by atoms with Gasteiger partial charge in [0.2, 0.25) is 0 Å². The highest BCUT2D eigenvalue weighted by molar-refractivity contribution is 5.42. The van der Waals surface area contributed by atoms with E-state index >= 15 is 0 Å². The predicted octanol–water partition coefficient (Wildman–Crippen LogP) is 4.40. The average molecular weight is 188 g/mol. The number of rotatable bonds is 1. The Hall–Kier alpha value is -0.780. The Morgan fingerprint density at radius 2 is 2.21 bits per heavy atom. The molecule has 76 valence electrons. The lowest BCUT2D eigenvalue weighted by Gasteiger charge is -2.31. The van der Waals surface area contributed by atoms with E-state index in [1.54, 1.807) is 11.1 Å². The molecule has 0 aromatic heterocycles. The van der Waals surface area contributed by atoms with Gasteiger partial charge in [-0.05, 0) is 56.1 Å². The van der Waals surface area contributed by atoms with Crippen LogP contribution in [-0.4, -0.2) is 0 Å². The third-order valence-electron chi connectivity index (χ3n) is 3.80. The van der Waals surface area contributed by atoms with Crippen molar-refractivity contribution in [3.63, 3.8) is 0 Å². The molecule has 0 amide bonds. The zero-order chi connectivity index (χ0) is 10.2. The molecule has 0 aromatic rings. The van der Waals surface area contributed by atoms with Crippen molar-refractivity contribution >= 4 is 0 Å². The molecule has 0 N–H and O–H groups in total. The first-order valence-electron chi connectivity index (χ1n) is 5.69. The van der Waals surface area contributed by atoms with Crippen LogP contribution in [0.5, 0.6) is 0 Å². The molecule has 14 heavy (non-hydrogen) atoms. The third-order valence-corrected chi connectivity index (χ3v) is 3.80. The molecular weight excluding hydrogens is 168 g/mol. The summed E-state index contributed by atoms with van der Waals surface area (Å²) in [6.45, 7) is 6.79. The highest BCUT2D eigenvalue weighted by atomic mass is 14.4. The predicted molar refractivity (Wildman–Crippen MR) is 62.2 cm³/mol. The number of hydrogen-bond donors (Lipinski definition) is 0. The summed E-state index contributed by atoms with van der Waals surface area (Å²) in [5, 5.41) is 0. The quantitative estimate of drug-likeness (QED) is 0.572. The van der Waals surface area contributed by atoms with E-state index in [4.69, 9.17) is 0 Å². The van der Waals surface area contributed by atoms with E-state index < -0.39 is 0 Å². The van der Waals surface area contributed by atoms with Gasteiger partial charge in [0.15, 0.2) is 0 Å². The minimum absolute atomic E-state index is 0.494. The van der Waals surface area contributed by atoms with Gasteiger partial charge in [-0.1, -0.05) is 30.7 Å². The SMILES string of the molecule is C/C=C\C1=C(C)C=C2CCCC2(C)C1. The van der Waals surface area contributed by atoms with Gasteiger partial charge in [0.1, 0.15) is 0 Å². The van der Waals surface area contributed by atoms with Crippen LogP contribution in [0.4, 0.5) is 0 Å². The van der Waals surface area contributed by atoms with E-state index in [9.17, 15) is 0 Å². The molecule has 0 saturated heterocycles. The van der Waals surface area contributed by atoms with Gasteiger partial charge in [-0.3, -0.25) is 0 Å². The Bertz CT molecular complexity index is 328. The average Bonchev–Trinajstić information content (AvgIpc) is 2.48. The second kappa shape index (κ2) is 3.42. The van der Waals surface area contributed by atoms with Crippen LogP contribution < -0.4 is 0 Å². The smallest absolute Gasteiger partial charge is 0.00726 e. The van der Waals surface area contributed by atoms with E-state index in [0.717, 1.165) is 0 Å². The van der Waals surface area contributed by atoms with Crippen LogP contribution in [0.2, 0.25) is 0 Å². The van der Waals surface area contributed by atoms with Crippen molar-refractivity contribution in [2.24, 2.45) is 5.41 Å². The summed E-state index contributed by atoms with van der Waals surface area (Å²) in [6, 6.07) is 0. The Morgan fingerprint density at radius 3 is 2.93 bits per heavy atom. The summed E-state index contributed by atoms with van der Waals surface area (Å²) in [6.07, 6.45) is 12.2. The van der Waals surface area contributed by atoms with Gasteiger partial charge in [-0.25, -0.2) is 0 Å². The van der Waals surface area contributed by atoms with E-state index in [1.807, 2.05) is 0 Å². The molecule has 2 aliphatic rings. The molecule has 0 bridgehead atoms. The summed E-state index contributed by atoms with van der Waals surface area (Å²) in [5.74, 6) is 0. The topological polar surface area (TPSA) is 0 Å². The first-order chi connectivity index (χ1) is 6.65. The molecule has 0 spiro atoms. The zero-order valence-electron chi connectivity index (χ0n) is 9.56. The van der Waals surface area contributed by atoms with Crippen LogP contribution in [0.15, 0.2) is 34.9 Å². The number of hydrogen-bond acceptors (Lipinski definition) is 0. The molecule has 2 rings (SSSR count). The fourth-order valence-electron chi connectivity index (χ4n) is 2.89. The molecule has 1 saturated carbocycles. The van der Waals surface area contributed by atoms with Crippen LogP contribution in [-0.2, 0) is 0 Å². The monoisotopic (exact) mass is 188 g/mol. The van der Waals surface area contributed by atoms with Crippen molar-refractivity contribution in [3.8, 4) is 0 Å². The van der Waals surface area contributed by atoms with Crippen molar-refractivity contribution in [1.29, 1.82) is 0 Å². The fourth-order valence-corrected chi connectivity index (χ4v) is 2.89.